The van der Waals surface area contributed by atoms with E-state index in [1.165, 1.54) is 0 Å². The first-order valence-corrected chi connectivity index (χ1v) is 5.96. The van der Waals surface area contributed by atoms with Gasteiger partial charge in [0.05, 0.1) is 7.11 Å². The number of amides is 1. The summed E-state index contributed by atoms with van der Waals surface area (Å²) in [6.45, 7) is 5.87. The van der Waals surface area contributed by atoms with E-state index in [0.717, 1.165) is 5.56 Å². The van der Waals surface area contributed by atoms with E-state index in [4.69, 9.17) is 15.3 Å². The minimum atomic E-state index is -0.530. The third-order valence-electron chi connectivity index (χ3n) is 2.22. The van der Waals surface area contributed by atoms with E-state index in [9.17, 15) is 4.79 Å². The third kappa shape index (κ3) is 5.15. The van der Waals surface area contributed by atoms with Gasteiger partial charge in [-0.1, -0.05) is 0 Å². The molecule has 0 bridgehead atoms. The molecule has 0 aliphatic heterocycles. The summed E-state index contributed by atoms with van der Waals surface area (Å²) in [7, 11) is 1.58. The van der Waals surface area contributed by atoms with Crippen molar-refractivity contribution in [2.45, 2.75) is 32.9 Å². The van der Waals surface area contributed by atoms with Gasteiger partial charge in [-0.05, 0) is 39.0 Å². The quantitative estimate of drug-likeness (QED) is 0.574. The zero-order valence-corrected chi connectivity index (χ0v) is 11.7. The minimum Gasteiger partial charge on any atom is -0.496 e. The summed E-state index contributed by atoms with van der Waals surface area (Å²) in [5.74, 6) is 6.00. The molecule has 0 spiro atoms. The molecule has 4 N–H and O–H groups in total. The van der Waals surface area contributed by atoms with Crippen LogP contribution in [0.1, 0.15) is 26.3 Å². The van der Waals surface area contributed by atoms with E-state index < -0.39 is 11.7 Å². The fourth-order valence-electron chi connectivity index (χ4n) is 1.53. The summed E-state index contributed by atoms with van der Waals surface area (Å²) in [5.41, 5.74) is 3.50. The maximum atomic E-state index is 11.6. The predicted molar refractivity (Wildman–Crippen MR) is 73.9 cm³/mol. The molecule has 0 radical (unpaired) electrons. The summed E-state index contributed by atoms with van der Waals surface area (Å²) >= 11 is 0. The summed E-state index contributed by atoms with van der Waals surface area (Å²) in [6, 6.07) is 5.28. The second kappa shape index (κ2) is 6.40. The van der Waals surface area contributed by atoms with Gasteiger partial charge in [0.2, 0.25) is 0 Å². The second-order valence-corrected chi connectivity index (χ2v) is 5.03. The van der Waals surface area contributed by atoms with E-state index in [-0.39, 0.29) is 0 Å². The minimum absolute atomic E-state index is 0.438. The van der Waals surface area contributed by atoms with Crippen molar-refractivity contribution in [1.82, 2.24) is 5.43 Å². The van der Waals surface area contributed by atoms with Crippen molar-refractivity contribution in [3.05, 3.63) is 23.8 Å². The zero-order chi connectivity index (χ0) is 14.5. The number of carbonyl (C=O) groups is 1. The number of nitrogens with one attached hydrogen (secondary N) is 2. The molecule has 0 heterocycles. The molecule has 19 heavy (non-hydrogen) atoms. The number of hydrazine groups is 1. The van der Waals surface area contributed by atoms with E-state index in [1.807, 2.05) is 20.8 Å². The smallest absolute Gasteiger partial charge is 0.412 e. The molecule has 1 aromatic carbocycles. The van der Waals surface area contributed by atoms with Crippen LogP contribution in [-0.2, 0) is 11.3 Å². The Morgan fingerprint density at radius 2 is 2.05 bits per heavy atom. The number of nitrogens with two attached hydrogens (primary N) is 1. The normalized spacial score (nSPS) is 11.0. The molecule has 0 saturated carbocycles. The van der Waals surface area contributed by atoms with E-state index in [1.54, 1.807) is 25.3 Å². The molecule has 0 atom stereocenters. The molecule has 0 aliphatic carbocycles. The molecule has 1 aromatic rings. The lowest BCUT2D eigenvalue weighted by atomic mass is 10.1. The van der Waals surface area contributed by atoms with Gasteiger partial charge in [-0.2, -0.15) is 0 Å². The number of anilines is 1. The summed E-state index contributed by atoms with van der Waals surface area (Å²) in [6.07, 6.45) is -0.496. The Hall–Kier alpha value is -1.79. The van der Waals surface area contributed by atoms with Crippen molar-refractivity contribution in [1.29, 1.82) is 0 Å². The van der Waals surface area contributed by atoms with E-state index in [0.29, 0.717) is 18.0 Å². The lowest BCUT2D eigenvalue weighted by Crippen LogP contribution is -2.27. The van der Waals surface area contributed by atoms with Crippen molar-refractivity contribution in [2.75, 3.05) is 12.4 Å². The van der Waals surface area contributed by atoms with Crippen LogP contribution in [0.15, 0.2) is 18.2 Å². The van der Waals surface area contributed by atoms with Crippen molar-refractivity contribution in [3.63, 3.8) is 0 Å². The monoisotopic (exact) mass is 267 g/mol. The number of methoxy groups -OCH3 is 1. The summed E-state index contributed by atoms with van der Waals surface area (Å²) < 4.78 is 10.4. The number of rotatable bonds is 4. The topological polar surface area (TPSA) is 85.6 Å². The molecule has 6 heteroatoms. The van der Waals surface area contributed by atoms with Gasteiger partial charge in [-0.15, -0.1) is 0 Å². The fraction of sp³-hybridized carbons (Fsp3) is 0.462. The lowest BCUT2D eigenvalue weighted by molar-refractivity contribution is 0.0636. The molecule has 1 rings (SSSR count). The van der Waals surface area contributed by atoms with Crippen LogP contribution in [-0.4, -0.2) is 18.8 Å². The molecule has 0 aromatic heterocycles. The average Bonchev–Trinajstić information content (AvgIpc) is 2.27. The zero-order valence-electron chi connectivity index (χ0n) is 11.7. The first kappa shape index (κ1) is 15.3. The lowest BCUT2D eigenvalue weighted by Gasteiger charge is -2.20. The molecule has 0 fully saturated rings. The van der Waals surface area contributed by atoms with Crippen LogP contribution >= 0.6 is 0 Å². The molecule has 1 amide bonds. The van der Waals surface area contributed by atoms with Gasteiger partial charge in [0.25, 0.3) is 0 Å². The first-order chi connectivity index (χ1) is 8.85. The summed E-state index contributed by atoms with van der Waals surface area (Å²) in [4.78, 5) is 11.6. The SMILES string of the molecule is COc1ccc(NC(=O)OC(C)(C)C)cc1CNN. The van der Waals surface area contributed by atoms with Crippen molar-refractivity contribution in [3.8, 4) is 5.75 Å². The Balaban J connectivity index is 2.79. The van der Waals surface area contributed by atoms with Gasteiger partial charge in [-0.25, -0.2) is 4.79 Å². The Morgan fingerprint density at radius 3 is 2.58 bits per heavy atom. The molecular weight excluding hydrogens is 246 g/mol. The van der Waals surface area contributed by atoms with Crippen LogP contribution in [0, 0.1) is 0 Å². The fourth-order valence-corrected chi connectivity index (χ4v) is 1.53. The average molecular weight is 267 g/mol. The van der Waals surface area contributed by atoms with Crippen LogP contribution in [0.5, 0.6) is 5.75 Å². The molecule has 106 valence electrons. The van der Waals surface area contributed by atoms with Crippen LogP contribution in [0.4, 0.5) is 10.5 Å². The second-order valence-electron chi connectivity index (χ2n) is 5.03. The number of hydrogen-bond acceptors (Lipinski definition) is 5. The summed E-state index contributed by atoms with van der Waals surface area (Å²) in [5, 5.41) is 2.66. The molecule has 0 aliphatic rings. The van der Waals surface area contributed by atoms with Gasteiger partial charge in [0.15, 0.2) is 0 Å². The highest BCUT2D eigenvalue weighted by atomic mass is 16.6. The maximum Gasteiger partial charge on any atom is 0.412 e. The molecular formula is C13H21N3O3. The first-order valence-electron chi connectivity index (χ1n) is 5.96. The Bertz CT molecular complexity index is 441. The van der Waals surface area contributed by atoms with Gasteiger partial charge >= 0.3 is 6.09 Å². The highest BCUT2D eigenvalue weighted by Crippen LogP contribution is 2.22. The van der Waals surface area contributed by atoms with E-state index >= 15 is 0 Å². The molecule has 0 saturated heterocycles. The molecule has 0 unspecified atom stereocenters. The van der Waals surface area contributed by atoms with Crippen LogP contribution < -0.4 is 21.3 Å². The molecule has 6 nitrogen and oxygen atoms in total. The Labute approximate surface area is 113 Å². The van der Waals surface area contributed by atoms with Gasteiger partial charge < -0.3 is 9.47 Å². The van der Waals surface area contributed by atoms with Crippen molar-refractivity contribution < 1.29 is 14.3 Å². The maximum absolute atomic E-state index is 11.6. The number of benzene rings is 1. The van der Waals surface area contributed by atoms with Gasteiger partial charge in [0.1, 0.15) is 11.4 Å². The van der Waals surface area contributed by atoms with Crippen LogP contribution in [0.2, 0.25) is 0 Å². The Kier molecular flexibility index (Phi) is 5.14. The number of ether oxygens (including phenoxy) is 2. The largest absolute Gasteiger partial charge is 0.496 e. The predicted octanol–water partition coefficient (Wildman–Crippen LogP) is 2.01. The highest BCUT2D eigenvalue weighted by molar-refractivity contribution is 5.85. The standard InChI is InChI=1S/C13H21N3O3/c1-13(2,3)19-12(17)16-10-5-6-11(18-4)9(7-10)8-15-14/h5-7,15H,8,14H2,1-4H3,(H,16,17). The third-order valence-corrected chi connectivity index (χ3v) is 2.22. The van der Waals surface area contributed by atoms with Crippen molar-refractivity contribution in [2.24, 2.45) is 5.84 Å². The number of hydrogen-bond donors (Lipinski definition) is 3. The van der Waals surface area contributed by atoms with E-state index in [2.05, 4.69) is 10.7 Å². The Morgan fingerprint density at radius 1 is 1.37 bits per heavy atom. The van der Waals surface area contributed by atoms with Crippen molar-refractivity contribution >= 4 is 11.8 Å². The van der Waals surface area contributed by atoms with Crippen LogP contribution in [0.3, 0.4) is 0 Å². The highest BCUT2D eigenvalue weighted by Gasteiger charge is 2.16. The van der Waals surface area contributed by atoms with Crippen LogP contribution in [0.25, 0.3) is 0 Å². The van der Waals surface area contributed by atoms with Gasteiger partial charge in [-0.3, -0.25) is 16.6 Å². The van der Waals surface area contributed by atoms with Gasteiger partial charge in [0, 0.05) is 17.8 Å². The number of carbonyl (C=O) groups excluding carboxylic acids is 1.